The molecule has 3 N–H and O–H groups in total. The molecule has 0 bridgehead atoms. The monoisotopic (exact) mass is 302 g/mol. The number of carbonyl (C=O) groups is 1. The molecule has 0 aliphatic heterocycles. The highest BCUT2D eigenvalue weighted by Crippen LogP contribution is 2.32. The van der Waals surface area contributed by atoms with E-state index in [-0.39, 0.29) is 12.5 Å². The molecule has 106 valence electrons. The lowest BCUT2D eigenvalue weighted by Gasteiger charge is -2.15. The Labute approximate surface area is 123 Å². The summed E-state index contributed by atoms with van der Waals surface area (Å²) in [6, 6.07) is 4.73. The average Bonchev–Trinajstić information content (AvgIpc) is 2.32. The van der Waals surface area contributed by atoms with Crippen molar-refractivity contribution in [3.8, 4) is 0 Å². The van der Waals surface area contributed by atoms with Crippen molar-refractivity contribution in [3.63, 3.8) is 0 Å². The Morgan fingerprint density at radius 2 is 2.21 bits per heavy atom. The number of hydrogen-bond donors (Lipinski definition) is 2. The Morgan fingerprint density at radius 1 is 1.53 bits per heavy atom. The topological polar surface area (TPSA) is 64.3 Å². The lowest BCUT2D eigenvalue weighted by molar-refractivity contribution is -0.118. The van der Waals surface area contributed by atoms with Crippen LogP contribution in [0.4, 0.5) is 5.69 Å². The predicted molar refractivity (Wildman–Crippen MR) is 80.9 cm³/mol. The second kappa shape index (κ2) is 7.75. The number of carbonyl (C=O) groups excluding carboxylic acids is 1. The van der Waals surface area contributed by atoms with Crippen LogP contribution in [0.3, 0.4) is 0 Å². The van der Waals surface area contributed by atoms with Gasteiger partial charge in [0.1, 0.15) is 6.04 Å². The van der Waals surface area contributed by atoms with Gasteiger partial charge in [0.05, 0.1) is 12.3 Å². The number of ether oxygens (including phenoxy) is 1. The first-order valence-corrected chi connectivity index (χ1v) is 7.21. The van der Waals surface area contributed by atoms with E-state index in [4.69, 9.17) is 22.1 Å². The first-order chi connectivity index (χ1) is 8.93. The average molecular weight is 303 g/mol. The zero-order valence-electron chi connectivity index (χ0n) is 11.3. The van der Waals surface area contributed by atoms with Gasteiger partial charge in [-0.25, -0.2) is 0 Å². The van der Waals surface area contributed by atoms with Crippen LogP contribution in [-0.4, -0.2) is 30.9 Å². The van der Waals surface area contributed by atoms with Gasteiger partial charge < -0.3 is 15.8 Å². The smallest absolute Gasteiger partial charge is 0.243 e. The molecule has 4 nitrogen and oxygen atoms in total. The lowest BCUT2D eigenvalue weighted by atomic mass is 10.2. The summed E-state index contributed by atoms with van der Waals surface area (Å²) < 4.78 is 4.86. The highest BCUT2D eigenvalue weighted by Gasteiger charge is 2.15. The molecule has 0 heterocycles. The Morgan fingerprint density at radius 3 is 2.79 bits per heavy atom. The van der Waals surface area contributed by atoms with E-state index in [2.05, 4.69) is 19.2 Å². The number of amides is 1. The molecule has 0 saturated carbocycles. The molecule has 0 aliphatic rings. The van der Waals surface area contributed by atoms with E-state index in [9.17, 15) is 4.79 Å². The molecule has 1 rings (SSSR count). The Bertz CT molecular complexity index is 441. The number of benzene rings is 1. The number of anilines is 1. The normalized spacial score (nSPS) is 12.5. The summed E-state index contributed by atoms with van der Waals surface area (Å²) in [6.07, 6.45) is 0. The zero-order valence-corrected chi connectivity index (χ0v) is 12.8. The largest absolute Gasteiger partial charge is 0.383 e. The first-order valence-electron chi connectivity index (χ1n) is 5.95. The summed E-state index contributed by atoms with van der Waals surface area (Å²) in [4.78, 5) is 12.9. The molecule has 0 aromatic heterocycles. The van der Waals surface area contributed by atoms with Crippen molar-refractivity contribution in [1.82, 2.24) is 0 Å². The van der Waals surface area contributed by atoms with Gasteiger partial charge in [0, 0.05) is 22.3 Å². The maximum absolute atomic E-state index is 11.9. The number of methoxy groups -OCH3 is 1. The number of hydrogen-bond acceptors (Lipinski definition) is 4. The van der Waals surface area contributed by atoms with Gasteiger partial charge in [0.15, 0.2) is 0 Å². The Kier molecular flexibility index (Phi) is 6.65. The van der Waals surface area contributed by atoms with Gasteiger partial charge in [-0.3, -0.25) is 4.79 Å². The minimum absolute atomic E-state index is 0.180. The Hall–Kier alpha value is -0.750. The molecule has 1 aromatic carbocycles. The van der Waals surface area contributed by atoms with Gasteiger partial charge in [-0.1, -0.05) is 25.4 Å². The van der Waals surface area contributed by atoms with Crippen LogP contribution in [0.5, 0.6) is 0 Å². The van der Waals surface area contributed by atoms with Crippen LogP contribution < -0.4 is 11.1 Å². The number of nitrogens with one attached hydrogen (secondary N) is 1. The maximum atomic E-state index is 11.9. The van der Waals surface area contributed by atoms with E-state index >= 15 is 0 Å². The van der Waals surface area contributed by atoms with Crippen molar-refractivity contribution in [2.45, 2.75) is 30.0 Å². The molecule has 1 atom stereocenters. The van der Waals surface area contributed by atoms with E-state index in [1.807, 2.05) is 6.07 Å². The minimum Gasteiger partial charge on any atom is -0.383 e. The highest BCUT2D eigenvalue weighted by molar-refractivity contribution is 8.00. The fraction of sp³-hybridized carbons (Fsp3) is 0.462. The van der Waals surface area contributed by atoms with E-state index in [1.54, 1.807) is 23.9 Å². The standard InChI is InChI=1S/C13H19ClN2O2S/c1-8(2)19-12-5-4-9(14)6-11(12)16-13(17)10(15)7-18-3/h4-6,8,10H,7,15H2,1-3H3,(H,16,17). The fourth-order valence-electron chi connectivity index (χ4n) is 1.44. The molecule has 1 unspecified atom stereocenters. The SMILES string of the molecule is COCC(N)C(=O)Nc1cc(Cl)ccc1SC(C)C. The summed E-state index contributed by atoms with van der Waals surface area (Å²) in [6.45, 7) is 4.35. The van der Waals surface area contributed by atoms with Crippen molar-refractivity contribution < 1.29 is 9.53 Å². The molecule has 1 aromatic rings. The molecule has 0 fully saturated rings. The third kappa shape index (κ3) is 5.40. The van der Waals surface area contributed by atoms with E-state index in [1.165, 1.54) is 7.11 Å². The van der Waals surface area contributed by atoms with Crippen molar-refractivity contribution in [1.29, 1.82) is 0 Å². The molecular weight excluding hydrogens is 284 g/mol. The van der Waals surface area contributed by atoms with Crippen LogP contribution in [0.2, 0.25) is 5.02 Å². The van der Waals surface area contributed by atoms with E-state index in [0.717, 1.165) is 4.90 Å². The van der Waals surface area contributed by atoms with Crippen molar-refractivity contribution in [2.75, 3.05) is 19.0 Å². The molecular formula is C13H19ClN2O2S. The molecule has 0 saturated heterocycles. The van der Waals surface area contributed by atoms with Gasteiger partial charge in [0.25, 0.3) is 0 Å². The number of nitrogens with two attached hydrogens (primary N) is 1. The number of thioether (sulfide) groups is 1. The summed E-state index contributed by atoms with van der Waals surface area (Å²) in [5.74, 6) is -0.283. The second-order valence-electron chi connectivity index (χ2n) is 4.36. The summed E-state index contributed by atoms with van der Waals surface area (Å²) in [5.41, 5.74) is 6.37. The summed E-state index contributed by atoms with van der Waals surface area (Å²) in [7, 11) is 1.51. The Balaban J connectivity index is 2.86. The van der Waals surface area contributed by atoms with Gasteiger partial charge in [-0.05, 0) is 18.2 Å². The molecule has 19 heavy (non-hydrogen) atoms. The minimum atomic E-state index is -0.694. The lowest BCUT2D eigenvalue weighted by Crippen LogP contribution is -2.39. The molecule has 0 radical (unpaired) electrons. The summed E-state index contributed by atoms with van der Waals surface area (Å²) >= 11 is 7.62. The summed E-state index contributed by atoms with van der Waals surface area (Å²) in [5, 5.41) is 3.77. The highest BCUT2D eigenvalue weighted by atomic mass is 35.5. The third-order valence-corrected chi connectivity index (χ3v) is 3.56. The fourth-order valence-corrected chi connectivity index (χ4v) is 2.50. The zero-order chi connectivity index (χ0) is 14.4. The molecule has 0 aliphatic carbocycles. The number of rotatable bonds is 6. The van der Waals surface area contributed by atoms with E-state index in [0.29, 0.717) is 16.0 Å². The van der Waals surface area contributed by atoms with Gasteiger partial charge in [-0.2, -0.15) is 0 Å². The van der Waals surface area contributed by atoms with E-state index < -0.39 is 6.04 Å². The van der Waals surface area contributed by atoms with Crippen LogP contribution in [0.1, 0.15) is 13.8 Å². The van der Waals surface area contributed by atoms with Crippen LogP contribution >= 0.6 is 23.4 Å². The van der Waals surface area contributed by atoms with Gasteiger partial charge >= 0.3 is 0 Å². The van der Waals surface area contributed by atoms with Gasteiger partial charge in [-0.15, -0.1) is 11.8 Å². The van der Waals surface area contributed by atoms with Gasteiger partial charge in [0.2, 0.25) is 5.91 Å². The van der Waals surface area contributed by atoms with Crippen LogP contribution in [-0.2, 0) is 9.53 Å². The molecule has 1 amide bonds. The maximum Gasteiger partial charge on any atom is 0.243 e. The van der Waals surface area contributed by atoms with Crippen molar-refractivity contribution in [3.05, 3.63) is 23.2 Å². The quantitative estimate of drug-likeness (QED) is 0.793. The first kappa shape index (κ1) is 16.3. The third-order valence-electron chi connectivity index (χ3n) is 2.25. The van der Waals surface area contributed by atoms with Crippen LogP contribution in [0.15, 0.2) is 23.1 Å². The van der Waals surface area contributed by atoms with Crippen LogP contribution in [0.25, 0.3) is 0 Å². The molecule has 0 spiro atoms. The second-order valence-corrected chi connectivity index (χ2v) is 6.41. The molecule has 6 heteroatoms. The predicted octanol–water partition coefficient (Wildman–Crippen LogP) is 2.75. The van der Waals surface area contributed by atoms with Crippen LogP contribution in [0, 0.1) is 0 Å². The van der Waals surface area contributed by atoms with Crippen molar-refractivity contribution >= 4 is 35.0 Å². The number of halogens is 1. The van der Waals surface area contributed by atoms with Crippen molar-refractivity contribution in [2.24, 2.45) is 5.73 Å².